The van der Waals surface area contributed by atoms with Gasteiger partial charge in [-0.15, -0.1) is 0 Å². The zero-order valence-corrected chi connectivity index (χ0v) is 12.4. The van der Waals surface area contributed by atoms with E-state index < -0.39 is 6.04 Å². The van der Waals surface area contributed by atoms with Crippen LogP contribution in [0, 0.1) is 6.92 Å². The molecule has 5 nitrogen and oxygen atoms in total. The largest absolute Gasteiger partial charge is 0.468 e. The molecule has 0 saturated heterocycles. The minimum atomic E-state index is -0.535. The van der Waals surface area contributed by atoms with E-state index in [4.69, 9.17) is 4.74 Å². The fraction of sp³-hybridized carbons (Fsp3) is 0.312. The van der Waals surface area contributed by atoms with Gasteiger partial charge in [0.2, 0.25) is 0 Å². The molecule has 1 aromatic heterocycles. The van der Waals surface area contributed by atoms with E-state index in [0.29, 0.717) is 0 Å². The molecule has 0 aliphatic heterocycles. The molecule has 0 aliphatic carbocycles. The van der Waals surface area contributed by atoms with E-state index in [9.17, 15) is 4.79 Å². The number of rotatable bonds is 5. The highest BCUT2D eigenvalue weighted by Gasteiger charge is 2.24. The first-order valence-electron chi connectivity index (χ1n) is 6.79. The highest BCUT2D eigenvalue weighted by molar-refractivity contribution is 5.77. The molecule has 0 fully saturated rings. The summed E-state index contributed by atoms with van der Waals surface area (Å²) in [7, 11) is 1.39. The number of aromatic nitrogens is 2. The molecule has 0 aliphatic rings. The summed E-state index contributed by atoms with van der Waals surface area (Å²) in [4.78, 5) is 20.6. The molecule has 2 unspecified atom stereocenters. The van der Waals surface area contributed by atoms with Crippen LogP contribution in [-0.4, -0.2) is 23.0 Å². The molecule has 0 amide bonds. The van der Waals surface area contributed by atoms with E-state index >= 15 is 0 Å². The maximum atomic E-state index is 12.0. The third kappa shape index (κ3) is 3.64. The fourth-order valence-electron chi connectivity index (χ4n) is 2.24. The van der Waals surface area contributed by atoms with Crippen molar-refractivity contribution >= 4 is 5.97 Å². The van der Waals surface area contributed by atoms with Crippen LogP contribution in [0.3, 0.4) is 0 Å². The molecule has 2 aromatic rings. The fourth-order valence-corrected chi connectivity index (χ4v) is 2.24. The Morgan fingerprint density at radius 3 is 2.48 bits per heavy atom. The molecule has 0 radical (unpaired) electrons. The molecule has 5 heteroatoms. The molecule has 1 N–H and O–H groups in total. The number of ether oxygens (including phenoxy) is 1. The quantitative estimate of drug-likeness (QED) is 0.854. The lowest BCUT2D eigenvalue weighted by molar-refractivity contribution is -0.143. The van der Waals surface area contributed by atoms with Crippen LogP contribution in [-0.2, 0) is 9.53 Å². The summed E-state index contributed by atoms with van der Waals surface area (Å²) in [5.41, 5.74) is 2.52. The molecule has 2 atom stereocenters. The minimum Gasteiger partial charge on any atom is -0.468 e. The van der Waals surface area contributed by atoms with Gasteiger partial charge in [0, 0.05) is 18.4 Å². The third-order valence-electron chi connectivity index (χ3n) is 3.32. The standard InChI is InChI=1S/C16H19N3O2/c1-11-14(18-10-9-17-11)12(2)19-15(16(20)21-3)13-7-5-4-6-8-13/h4-10,12,15,19H,1-3H3. The van der Waals surface area contributed by atoms with Crippen LogP contribution < -0.4 is 5.32 Å². The van der Waals surface area contributed by atoms with Gasteiger partial charge in [0.15, 0.2) is 0 Å². The monoisotopic (exact) mass is 285 g/mol. The summed E-state index contributed by atoms with van der Waals surface area (Å²) in [6.45, 7) is 3.85. The van der Waals surface area contributed by atoms with Crippen molar-refractivity contribution in [3.8, 4) is 0 Å². The van der Waals surface area contributed by atoms with Gasteiger partial charge in [-0.05, 0) is 19.4 Å². The zero-order valence-electron chi connectivity index (χ0n) is 12.4. The van der Waals surface area contributed by atoms with Crippen LogP contribution in [0.1, 0.15) is 36.0 Å². The van der Waals surface area contributed by atoms with Crippen molar-refractivity contribution in [2.45, 2.75) is 25.9 Å². The smallest absolute Gasteiger partial charge is 0.327 e. The first-order valence-corrected chi connectivity index (χ1v) is 6.79. The van der Waals surface area contributed by atoms with Crippen molar-refractivity contribution in [3.63, 3.8) is 0 Å². The van der Waals surface area contributed by atoms with E-state index in [-0.39, 0.29) is 12.0 Å². The Labute approximate surface area is 124 Å². The average molecular weight is 285 g/mol. The van der Waals surface area contributed by atoms with Crippen molar-refractivity contribution in [1.82, 2.24) is 15.3 Å². The second-order valence-electron chi connectivity index (χ2n) is 4.78. The van der Waals surface area contributed by atoms with Crippen molar-refractivity contribution < 1.29 is 9.53 Å². The van der Waals surface area contributed by atoms with Gasteiger partial charge in [0.05, 0.1) is 18.5 Å². The molecule has 110 valence electrons. The molecule has 1 aromatic carbocycles. The van der Waals surface area contributed by atoms with Crippen molar-refractivity contribution in [2.24, 2.45) is 0 Å². The number of benzene rings is 1. The first kappa shape index (κ1) is 15.1. The molecule has 0 saturated carbocycles. The van der Waals surface area contributed by atoms with Gasteiger partial charge in [-0.3, -0.25) is 15.3 Å². The zero-order chi connectivity index (χ0) is 15.2. The topological polar surface area (TPSA) is 64.1 Å². The normalized spacial score (nSPS) is 13.5. The lowest BCUT2D eigenvalue weighted by Gasteiger charge is -2.22. The highest BCUT2D eigenvalue weighted by atomic mass is 16.5. The van der Waals surface area contributed by atoms with Crippen LogP contribution in [0.4, 0.5) is 0 Å². The summed E-state index contributed by atoms with van der Waals surface area (Å²) in [5.74, 6) is -0.324. The van der Waals surface area contributed by atoms with Gasteiger partial charge in [-0.1, -0.05) is 30.3 Å². The van der Waals surface area contributed by atoms with Gasteiger partial charge in [-0.25, -0.2) is 4.79 Å². The summed E-state index contributed by atoms with van der Waals surface area (Å²) in [5, 5.41) is 3.26. The predicted molar refractivity (Wildman–Crippen MR) is 79.5 cm³/mol. The Hall–Kier alpha value is -2.27. The van der Waals surface area contributed by atoms with Gasteiger partial charge in [-0.2, -0.15) is 0 Å². The Morgan fingerprint density at radius 2 is 1.86 bits per heavy atom. The molecular formula is C16H19N3O2. The average Bonchev–Trinajstić information content (AvgIpc) is 2.53. The number of esters is 1. The van der Waals surface area contributed by atoms with Crippen LogP contribution in [0.15, 0.2) is 42.7 Å². The van der Waals surface area contributed by atoms with Gasteiger partial charge < -0.3 is 4.74 Å². The predicted octanol–water partition coefficient (Wildman–Crippen LogP) is 2.35. The number of methoxy groups -OCH3 is 1. The van der Waals surface area contributed by atoms with Crippen LogP contribution >= 0.6 is 0 Å². The Kier molecular flexibility index (Phi) is 5.00. The van der Waals surface area contributed by atoms with E-state index in [1.54, 1.807) is 12.4 Å². The van der Waals surface area contributed by atoms with Gasteiger partial charge in [0.1, 0.15) is 6.04 Å². The SMILES string of the molecule is COC(=O)C(NC(C)c1nccnc1C)c1ccccc1. The number of nitrogens with one attached hydrogen (secondary N) is 1. The second kappa shape index (κ2) is 6.95. The van der Waals surface area contributed by atoms with Crippen LogP contribution in [0.2, 0.25) is 0 Å². The Morgan fingerprint density at radius 1 is 1.19 bits per heavy atom. The minimum absolute atomic E-state index is 0.122. The number of carbonyl (C=O) groups excluding carboxylic acids is 1. The maximum absolute atomic E-state index is 12.0. The van der Waals surface area contributed by atoms with Crippen molar-refractivity contribution in [2.75, 3.05) is 7.11 Å². The van der Waals surface area contributed by atoms with Crippen molar-refractivity contribution in [1.29, 1.82) is 0 Å². The van der Waals surface area contributed by atoms with E-state index in [1.807, 2.05) is 44.2 Å². The second-order valence-corrected chi connectivity index (χ2v) is 4.78. The maximum Gasteiger partial charge on any atom is 0.327 e. The Balaban J connectivity index is 2.24. The number of aryl methyl sites for hydroxylation is 1. The van der Waals surface area contributed by atoms with E-state index in [0.717, 1.165) is 17.0 Å². The first-order chi connectivity index (χ1) is 10.1. The Bertz CT molecular complexity index is 601. The molecule has 0 bridgehead atoms. The number of nitrogens with zero attached hydrogens (tertiary/aromatic N) is 2. The molecule has 0 spiro atoms. The number of carbonyl (C=O) groups is 1. The lowest BCUT2D eigenvalue weighted by atomic mass is 10.0. The molecule has 21 heavy (non-hydrogen) atoms. The number of hydrogen-bond donors (Lipinski definition) is 1. The van der Waals surface area contributed by atoms with Gasteiger partial charge >= 0.3 is 5.97 Å². The number of hydrogen-bond acceptors (Lipinski definition) is 5. The summed E-state index contributed by atoms with van der Waals surface area (Å²) >= 11 is 0. The van der Waals surface area contributed by atoms with Gasteiger partial charge in [0.25, 0.3) is 0 Å². The molecular weight excluding hydrogens is 266 g/mol. The van der Waals surface area contributed by atoms with E-state index in [2.05, 4.69) is 15.3 Å². The highest BCUT2D eigenvalue weighted by Crippen LogP contribution is 2.20. The molecule has 2 rings (SSSR count). The lowest BCUT2D eigenvalue weighted by Crippen LogP contribution is -2.32. The third-order valence-corrected chi connectivity index (χ3v) is 3.32. The van der Waals surface area contributed by atoms with Crippen LogP contribution in [0.5, 0.6) is 0 Å². The summed E-state index contributed by atoms with van der Waals surface area (Å²) in [6, 6.07) is 8.83. The van der Waals surface area contributed by atoms with Crippen LogP contribution in [0.25, 0.3) is 0 Å². The van der Waals surface area contributed by atoms with E-state index in [1.165, 1.54) is 7.11 Å². The summed E-state index contributed by atoms with van der Waals surface area (Å²) in [6.07, 6.45) is 3.30. The van der Waals surface area contributed by atoms with Crippen molar-refractivity contribution in [3.05, 3.63) is 59.7 Å². The molecule has 1 heterocycles. The summed E-state index contributed by atoms with van der Waals surface area (Å²) < 4.78 is 4.90.